The van der Waals surface area contributed by atoms with Crippen LogP contribution < -0.4 is 10.4 Å². The number of carbonyl (C=O) groups is 2. The standard InChI is InChI=1S/C26H23NO4/c28-25(29)24(16-8-11-18-9-2-1-3-10-18)27-26(30)31-17-23-21-14-6-4-12-19(21)20-13-5-7-15-22(20)23/h1-15,23-24H,16-17H2,(H,27,30)(H,28,29)/p-1/b11-8+/t24-/m1/s1. The molecular formula is C26H22NO4-. The molecule has 0 spiro atoms. The molecule has 0 fully saturated rings. The van der Waals surface area contributed by atoms with Crippen molar-refractivity contribution >= 4 is 18.1 Å². The maximum atomic E-state index is 12.3. The Morgan fingerprint density at radius 1 is 0.903 bits per heavy atom. The molecule has 0 heterocycles. The lowest BCUT2D eigenvalue weighted by atomic mass is 9.98. The second-order valence-corrected chi connectivity index (χ2v) is 7.39. The smallest absolute Gasteiger partial charge is 0.407 e. The van der Waals surface area contributed by atoms with Gasteiger partial charge in [0.25, 0.3) is 0 Å². The lowest BCUT2D eigenvalue weighted by Gasteiger charge is -2.19. The molecule has 1 N–H and O–H groups in total. The van der Waals surface area contributed by atoms with Crippen LogP contribution in [0.15, 0.2) is 84.9 Å². The number of carbonyl (C=O) groups excluding carboxylic acids is 2. The van der Waals surface area contributed by atoms with E-state index in [1.54, 1.807) is 12.2 Å². The summed E-state index contributed by atoms with van der Waals surface area (Å²) in [6.07, 6.45) is 2.82. The summed E-state index contributed by atoms with van der Waals surface area (Å²) in [4.78, 5) is 23.8. The van der Waals surface area contributed by atoms with Crippen molar-refractivity contribution in [3.05, 3.63) is 102 Å². The van der Waals surface area contributed by atoms with E-state index in [4.69, 9.17) is 4.74 Å². The predicted octanol–water partition coefficient (Wildman–Crippen LogP) is 3.75. The highest BCUT2D eigenvalue weighted by atomic mass is 16.5. The number of nitrogens with one attached hydrogen (secondary N) is 1. The van der Waals surface area contributed by atoms with E-state index in [0.717, 1.165) is 27.8 Å². The van der Waals surface area contributed by atoms with E-state index in [-0.39, 0.29) is 18.9 Å². The van der Waals surface area contributed by atoms with E-state index in [1.165, 1.54) is 0 Å². The van der Waals surface area contributed by atoms with Gasteiger partial charge in [0.1, 0.15) is 6.61 Å². The maximum absolute atomic E-state index is 12.3. The quantitative estimate of drug-likeness (QED) is 0.641. The maximum Gasteiger partial charge on any atom is 0.407 e. The molecule has 1 aliphatic rings. The third kappa shape index (κ3) is 4.67. The van der Waals surface area contributed by atoms with Gasteiger partial charge in [0, 0.05) is 5.92 Å². The van der Waals surface area contributed by atoms with E-state index in [9.17, 15) is 14.7 Å². The summed E-state index contributed by atoms with van der Waals surface area (Å²) in [5.74, 6) is -1.44. The van der Waals surface area contributed by atoms with Crippen LogP contribution in [-0.4, -0.2) is 24.7 Å². The minimum absolute atomic E-state index is 0.0856. The van der Waals surface area contributed by atoms with Crippen molar-refractivity contribution in [2.75, 3.05) is 6.61 Å². The van der Waals surface area contributed by atoms with E-state index < -0.39 is 18.1 Å². The van der Waals surface area contributed by atoms with Crippen LogP contribution in [0.1, 0.15) is 29.0 Å². The van der Waals surface area contributed by atoms with Crippen LogP contribution in [0, 0.1) is 0 Å². The van der Waals surface area contributed by atoms with Crippen molar-refractivity contribution in [3.63, 3.8) is 0 Å². The highest BCUT2D eigenvalue weighted by molar-refractivity contribution is 5.80. The Kier molecular flexibility index (Phi) is 6.13. The van der Waals surface area contributed by atoms with Crippen molar-refractivity contribution in [1.29, 1.82) is 0 Å². The number of alkyl carbamates (subject to hydrolysis) is 1. The summed E-state index contributed by atoms with van der Waals surface area (Å²) < 4.78 is 5.42. The van der Waals surface area contributed by atoms with Crippen LogP contribution in [0.25, 0.3) is 17.2 Å². The largest absolute Gasteiger partial charge is 0.548 e. The summed E-state index contributed by atoms with van der Waals surface area (Å²) in [7, 11) is 0. The van der Waals surface area contributed by atoms with Crippen LogP contribution in [0.2, 0.25) is 0 Å². The normalized spacial score (nSPS) is 13.4. The molecule has 3 aromatic carbocycles. The molecule has 4 rings (SSSR count). The SMILES string of the molecule is O=C(N[C@H](C/C=C/c1ccccc1)C(=O)[O-])OCC1c2ccccc2-c2ccccc21. The molecular weight excluding hydrogens is 390 g/mol. The molecule has 1 amide bonds. The van der Waals surface area contributed by atoms with E-state index in [2.05, 4.69) is 17.4 Å². The zero-order valence-corrected chi connectivity index (χ0v) is 16.9. The van der Waals surface area contributed by atoms with Crippen molar-refractivity contribution in [1.82, 2.24) is 5.32 Å². The first-order valence-corrected chi connectivity index (χ1v) is 10.2. The molecule has 156 valence electrons. The monoisotopic (exact) mass is 412 g/mol. The molecule has 5 nitrogen and oxygen atoms in total. The van der Waals surface area contributed by atoms with Crippen molar-refractivity contribution < 1.29 is 19.4 Å². The minimum Gasteiger partial charge on any atom is -0.548 e. The molecule has 31 heavy (non-hydrogen) atoms. The fourth-order valence-electron chi connectivity index (χ4n) is 3.90. The molecule has 3 aromatic rings. The average Bonchev–Trinajstić information content (AvgIpc) is 3.11. The Bertz CT molecular complexity index is 1060. The second-order valence-electron chi connectivity index (χ2n) is 7.39. The van der Waals surface area contributed by atoms with Crippen molar-refractivity contribution in [3.8, 4) is 11.1 Å². The molecule has 0 saturated heterocycles. The van der Waals surface area contributed by atoms with Gasteiger partial charge in [-0.3, -0.25) is 0 Å². The average molecular weight is 412 g/mol. The molecule has 1 aliphatic carbocycles. The summed E-state index contributed by atoms with van der Waals surface area (Å²) >= 11 is 0. The second kappa shape index (κ2) is 9.30. The van der Waals surface area contributed by atoms with Gasteiger partial charge < -0.3 is 20.0 Å². The van der Waals surface area contributed by atoms with Crippen molar-refractivity contribution in [2.24, 2.45) is 0 Å². The van der Waals surface area contributed by atoms with Gasteiger partial charge in [-0.05, 0) is 34.2 Å². The number of aliphatic carboxylic acids is 1. The lowest BCUT2D eigenvalue weighted by molar-refractivity contribution is -0.308. The molecule has 0 radical (unpaired) electrons. The number of hydrogen-bond acceptors (Lipinski definition) is 4. The number of carboxylic acid groups (broad SMARTS) is 1. The van der Waals surface area contributed by atoms with Gasteiger partial charge in [-0.1, -0.05) is 91.0 Å². The van der Waals surface area contributed by atoms with Gasteiger partial charge in [0.05, 0.1) is 12.0 Å². The van der Waals surface area contributed by atoms with Gasteiger partial charge in [-0.2, -0.15) is 0 Å². The predicted molar refractivity (Wildman–Crippen MR) is 117 cm³/mol. The Hall–Kier alpha value is -3.86. The van der Waals surface area contributed by atoms with Gasteiger partial charge >= 0.3 is 6.09 Å². The van der Waals surface area contributed by atoms with Crippen LogP contribution in [0.5, 0.6) is 0 Å². The van der Waals surface area contributed by atoms with E-state index >= 15 is 0 Å². The van der Waals surface area contributed by atoms with Crippen LogP contribution >= 0.6 is 0 Å². The Morgan fingerprint density at radius 2 is 1.48 bits per heavy atom. The minimum atomic E-state index is -1.36. The molecule has 0 aliphatic heterocycles. The zero-order chi connectivity index (χ0) is 21.6. The first-order chi connectivity index (χ1) is 15.1. The summed E-state index contributed by atoms with van der Waals surface area (Å²) in [6.45, 7) is 0.124. The summed E-state index contributed by atoms with van der Waals surface area (Å²) in [5, 5.41) is 13.9. The molecule has 0 bridgehead atoms. The highest BCUT2D eigenvalue weighted by Crippen LogP contribution is 2.44. The fraction of sp³-hybridized carbons (Fsp3) is 0.154. The molecule has 0 aromatic heterocycles. The van der Waals surface area contributed by atoms with Crippen LogP contribution in [0.4, 0.5) is 4.79 Å². The third-order valence-electron chi connectivity index (χ3n) is 5.40. The number of carboxylic acids is 1. The molecule has 1 atom stereocenters. The van der Waals surface area contributed by atoms with E-state index in [0.29, 0.717) is 0 Å². The highest BCUT2D eigenvalue weighted by Gasteiger charge is 2.29. The van der Waals surface area contributed by atoms with Gasteiger partial charge in [-0.25, -0.2) is 4.79 Å². The van der Waals surface area contributed by atoms with E-state index in [1.807, 2.05) is 66.7 Å². The number of rotatable bonds is 7. The van der Waals surface area contributed by atoms with Crippen molar-refractivity contribution in [2.45, 2.75) is 18.4 Å². The molecule has 5 heteroatoms. The molecule has 0 saturated carbocycles. The van der Waals surface area contributed by atoms with Crippen LogP contribution in [0.3, 0.4) is 0 Å². The Balaban J connectivity index is 1.38. The van der Waals surface area contributed by atoms with Gasteiger partial charge in [0.2, 0.25) is 0 Å². The molecule has 0 unspecified atom stereocenters. The first kappa shape index (κ1) is 20.4. The first-order valence-electron chi connectivity index (χ1n) is 10.2. The number of amides is 1. The van der Waals surface area contributed by atoms with Gasteiger partial charge in [-0.15, -0.1) is 0 Å². The number of benzene rings is 3. The lowest BCUT2D eigenvalue weighted by Crippen LogP contribution is -2.47. The Morgan fingerprint density at radius 3 is 2.10 bits per heavy atom. The number of hydrogen-bond donors (Lipinski definition) is 1. The summed E-state index contributed by atoms with van der Waals surface area (Å²) in [6, 6.07) is 24.4. The Labute approximate surface area is 181 Å². The zero-order valence-electron chi connectivity index (χ0n) is 16.9. The number of fused-ring (bicyclic) bond motifs is 3. The fourth-order valence-corrected chi connectivity index (χ4v) is 3.90. The van der Waals surface area contributed by atoms with Gasteiger partial charge in [0.15, 0.2) is 0 Å². The topological polar surface area (TPSA) is 78.5 Å². The third-order valence-corrected chi connectivity index (χ3v) is 5.40. The number of ether oxygens (including phenoxy) is 1. The van der Waals surface area contributed by atoms with Crippen LogP contribution in [-0.2, 0) is 9.53 Å². The summed E-state index contributed by atoms with van der Waals surface area (Å²) in [5.41, 5.74) is 5.40.